The molecule has 0 aliphatic carbocycles. The highest BCUT2D eigenvalue weighted by Gasteiger charge is 2.06. The van der Waals surface area contributed by atoms with Gasteiger partial charge in [-0.1, -0.05) is 30.3 Å². The SMILES string of the molecule is Cc1cc(C)nc(NNS(=O)(=O)C=Cc2ccccc2)n1. The van der Waals surface area contributed by atoms with Crippen LogP contribution in [0.3, 0.4) is 0 Å². The van der Waals surface area contributed by atoms with Crippen LogP contribution >= 0.6 is 0 Å². The normalized spacial score (nSPS) is 11.7. The molecule has 2 rings (SSSR count). The number of rotatable bonds is 5. The fourth-order valence-electron chi connectivity index (χ4n) is 1.66. The molecule has 1 aromatic carbocycles. The van der Waals surface area contributed by atoms with Crippen LogP contribution in [0.15, 0.2) is 41.8 Å². The lowest BCUT2D eigenvalue weighted by molar-refractivity contribution is 0.596. The van der Waals surface area contributed by atoms with E-state index in [-0.39, 0.29) is 5.95 Å². The molecule has 7 heteroatoms. The minimum Gasteiger partial charge on any atom is -0.276 e. The van der Waals surface area contributed by atoms with E-state index >= 15 is 0 Å². The van der Waals surface area contributed by atoms with Crippen LogP contribution < -0.4 is 10.3 Å². The maximum atomic E-state index is 11.8. The van der Waals surface area contributed by atoms with E-state index in [0.29, 0.717) is 0 Å². The van der Waals surface area contributed by atoms with Crippen molar-refractivity contribution < 1.29 is 8.42 Å². The Balaban J connectivity index is 2.03. The molecule has 0 spiro atoms. The average Bonchev–Trinajstić information content (AvgIpc) is 2.44. The Labute approximate surface area is 124 Å². The molecule has 2 aromatic rings. The maximum absolute atomic E-state index is 11.8. The highest BCUT2D eigenvalue weighted by molar-refractivity contribution is 7.92. The van der Waals surface area contributed by atoms with E-state index < -0.39 is 10.0 Å². The van der Waals surface area contributed by atoms with Crippen molar-refractivity contribution >= 4 is 22.0 Å². The van der Waals surface area contributed by atoms with Crippen molar-refractivity contribution in [2.24, 2.45) is 0 Å². The van der Waals surface area contributed by atoms with Gasteiger partial charge < -0.3 is 0 Å². The Kier molecular flexibility index (Phi) is 4.66. The van der Waals surface area contributed by atoms with Gasteiger partial charge >= 0.3 is 0 Å². The third-order valence-electron chi connectivity index (χ3n) is 2.53. The monoisotopic (exact) mass is 304 g/mol. The number of nitrogens with one attached hydrogen (secondary N) is 2. The van der Waals surface area contributed by atoms with E-state index in [1.54, 1.807) is 6.07 Å². The fraction of sp³-hybridized carbons (Fsp3) is 0.143. The standard InChI is InChI=1S/C14H16N4O2S/c1-11-10-12(2)16-14(15-11)17-18-21(19,20)9-8-13-6-4-3-5-7-13/h3-10,18H,1-2H3,(H,15,16,17). The Bertz CT molecular complexity index is 723. The molecule has 0 bridgehead atoms. The van der Waals surface area contributed by atoms with Crippen molar-refractivity contribution in [3.63, 3.8) is 0 Å². The molecule has 2 N–H and O–H groups in total. The van der Waals surface area contributed by atoms with Crippen LogP contribution in [0.25, 0.3) is 6.08 Å². The molecule has 0 radical (unpaired) electrons. The van der Waals surface area contributed by atoms with Crippen LogP contribution in [0.2, 0.25) is 0 Å². The van der Waals surface area contributed by atoms with Crippen molar-refractivity contribution in [1.82, 2.24) is 14.8 Å². The summed E-state index contributed by atoms with van der Waals surface area (Å²) in [5, 5.41) is 1.08. The molecule has 6 nitrogen and oxygen atoms in total. The van der Waals surface area contributed by atoms with Gasteiger partial charge in [0.2, 0.25) is 5.95 Å². The summed E-state index contributed by atoms with van der Waals surface area (Å²) < 4.78 is 23.7. The van der Waals surface area contributed by atoms with Gasteiger partial charge in [-0.15, -0.1) is 4.83 Å². The predicted octanol–water partition coefficient (Wildman–Crippen LogP) is 2.01. The van der Waals surface area contributed by atoms with E-state index in [0.717, 1.165) is 22.4 Å². The predicted molar refractivity (Wildman–Crippen MR) is 82.7 cm³/mol. The second kappa shape index (κ2) is 6.47. The second-order valence-corrected chi connectivity index (χ2v) is 6.03. The molecule has 0 fully saturated rings. The molecular weight excluding hydrogens is 288 g/mol. The number of hydrogen-bond acceptors (Lipinski definition) is 5. The van der Waals surface area contributed by atoms with Gasteiger partial charge in [0.1, 0.15) is 0 Å². The van der Waals surface area contributed by atoms with Gasteiger partial charge in [-0.2, -0.15) is 0 Å². The molecule has 21 heavy (non-hydrogen) atoms. The van der Waals surface area contributed by atoms with Crippen molar-refractivity contribution in [2.75, 3.05) is 5.43 Å². The summed E-state index contributed by atoms with van der Waals surface area (Å²) in [6.45, 7) is 3.62. The minimum atomic E-state index is -3.63. The first-order valence-electron chi connectivity index (χ1n) is 6.28. The van der Waals surface area contributed by atoms with Gasteiger partial charge in [-0.05, 0) is 31.6 Å². The largest absolute Gasteiger partial charge is 0.276 e. The number of benzene rings is 1. The summed E-state index contributed by atoms with van der Waals surface area (Å²) in [6.07, 6.45) is 1.51. The average molecular weight is 304 g/mol. The molecule has 0 atom stereocenters. The second-order valence-electron chi connectivity index (χ2n) is 4.46. The zero-order valence-electron chi connectivity index (χ0n) is 11.7. The Hall–Kier alpha value is -2.25. The van der Waals surface area contributed by atoms with Crippen molar-refractivity contribution in [2.45, 2.75) is 13.8 Å². The van der Waals surface area contributed by atoms with Gasteiger partial charge in [0.05, 0.1) is 0 Å². The molecule has 0 amide bonds. The number of sulfonamides is 1. The number of aromatic nitrogens is 2. The van der Waals surface area contributed by atoms with E-state index in [1.807, 2.05) is 44.2 Å². The summed E-state index contributed by atoms with van der Waals surface area (Å²) in [4.78, 5) is 10.4. The lowest BCUT2D eigenvalue weighted by Gasteiger charge is -2.06. The fourth-order valence-corrected chi connectivity index (χ4v) is 2.30. The number of hydrogen-bond donors (Lipinski definition) is 2. The van der Waals surface area contributed by atoms with E-state index in [2.05, 4.69) is 20.2 Å². The highest BCUT2D eigenvalue weighted by atomic mass is 32.2. The Morgan fingerprint density at radius 2 is 1.67 bits per heavy atom. The molecule has 0 saturated carbocycles. The molecule has 0 unspecified atom stereocenters. The first kappa shape index (κ1) is 15.1. The number of anilines is 1. The third-order valence-corrected chi connectivity index (χ3v) is 3.41. The van der Waals surface area contributed by atoms with Gasteiger partial charge in [0.25, 0.3) is 10.0 Å². The summed E-state index contributed by atoms with van der Waals surface area (Å²) in [7, 11) is -3.63. The number of aryl methyl sites for hydroxylation is 2. The minimum absolute atomic E-state index is 0.212. The van der Waals surface area contributed by atoms with Gasteiger partial charge in [-0.25, -0.2) is 18.4 Å². The maximum Gasteiger partial charge on any atom is 0.250 e. The van der Waals surface area contributed by atoms with Gasteiger partial charge in [0, 0.05) is 16.8 Å². The summed E-state index contributed by atoms with van der Waals surface area (Å²) in [5.41, 5.74) is 4.80. The topological polar surface area (TPSA) is 84.0 Å². The zero-order valence-corrected chi connectivity index (χ0v) is 12.6. The first-order valence-corrected chi connectivity index (χ1v) is 7.82. The van der Waals surface area contributed by atoms with Crippen molar-refractivity contribution in [3.8, 4) is 0 Å². The van der Waals surface area contributed by atoms with Crippen LogP contribution in [0.1, 0.15) is 17.0 Å². The molecule has 110 valence electrons. The van der Waals surface area contributed by atoms with Crippen molar-refractivity contribution in [3.05, 3.63) is 58.8 Å². The Morgan fingerprint density at radius 3 is 2.29 bits per heavy atom. The molecule has 1 heterocycles. The third kappa shape index (κ3) is 4.97. The molecule has 0 saturated heterocycles. The molecule has 0 aliphatic rings. The quantitative estimate of drug-likeness (QED) is 0.826. The van der Waals surface area contributed by atoms with Crippen LogP contribution in [0, 0.1) is 13.8 Å². The van der Waals surface area contributed by atoms with Crippen LogP contribution in [-0.4, -0.2) is 18.4 Å². The number of nitrogens with zero attached hydrogens (tertiary/aromatic N) is 2. The molecule has 1 aromatic heterocycles. The highest BCUT2D eigenvalue weighted by Crippen LogP contribution is 2.04. The lowest BCUT2D eigenvalue weighted by atomic mass is 10.2. The van der Waals surface area contributed by atoms with Gasteiger partial charge in [0.15, 0.2) is 0 Å². The van der Waals surface area contributed by atoms with E-state index in [4.69, 9.17) is 0 Å². The zero-order chi connectivity index (χ0) is 15.3. The van der Waals surface area contributed by atoms with Crippen LogP contribution in [0.4, 0.5) is 5.95 Å². The van der Waals surface area contributed by atoms with Crippen molar-refractivity contribution in [1.29, 1.82) is 0 Å². The summed E-state index contributed by atoms with van der Waals surface area (Å²) in [5.74, 6) is 0.212. The first-order chi connectivity index (χ1) is 9.94. The smallest absolute Gasteiger partial charge is 0.250 e. The van der Waals surface area contributed by atoms with E-state index in [1.165, 1.54) is 6.08 Å². The summed E-state index contributed by atoms with van der Waals surface area (Å²) >= 11 is 0. The number of hydrazine groups is 1. The Morgan fingerprint density at radius 1 is 1.05 bits per heavy atom. The molecule has 0 aliphatic heterocycles. The molecular formula is C14H16N4O2S. The summed E-state index contributed by atoms with van der Waals surface area (Å²) in [6, 6.07) is 11.0. The van der Waals surface area contributed by atoms with Crippen LogP contribution in [-0.2, 0) is 10.0 Å². The lowest BCUT2D eigenvalue weighted by Crippen LogP contribution is -2.28. The van der Waals surface area contributed by atoms with Crippen LogP contribution in [0.5, 0.6) is 0 Å². The van der Waals surface area contributed by atoms with E-state index in [9.17, 15) is 8.42 Å². The van der Waals surface area contributed by atoms with Gasteiger partial charge in [-0.3, -0.25) is 5.43 Å².